The van der Waals surface area contributed by atoms with Crippen LogP contribution in [0.15, 0.2) is 24.8 Å². The summed E-state index contributed by atoms with van der Waals surface area (Å²) in [5, 5.41) is 0. The molecule has 1 spiro atoms. The molecule has 2 aliphatic rings. The van der Waals surface area contributed by atoms with E-state index in [4.69, 9.17) is 4.74 Å². The van der Waals surface area contributed by atoms with Crippen LogP contribution in [0.3, 0.4) is 0 Å². The third-order valence-electron chi connectivity index (χ3n) is 4.42. The first-order valence-electron chi connectivity index (χ1n) is 6.92. The molecule has 6 nitrogen and oxygen atoms in total. The van der Waals surface area contributed by atoms with Crippen LogP contribution in [0.4, 0.5) is 0 Å². The smallest absolute Gasteiger partial charge is 0.276 e. The summed E-state index contributed by atoms with van der Waals surface area (Å²) in [5.74, 6) is -0.0226. The maximum atomic E-state index is 12.7. The Bertz CT molecular complexity index is 660. The van der Waals surface area contributed by atoms with Crippen LogP contribution in [-0.2, 0) is 4.74 Å². The summed E-state index contributed by atoms with van der Waals surface area (Å²) in [6.45, 7) is 3.15. The number of rotatable bonds is 1. The lowest BCUT2D eigenvalue weighted by atomic mass is 9.87. The molecule has 0 aromatic carbocycles. The number of aromatic nitrogens is 3. The highest BCUT2D eigenvalue weighted by atomic mass is 16.5. The van der Waals surface area contributed by atoms with Gasteiger partial charge in [0.05, 0.1) is 6.61 Å². The molecule has 4 rings (SSSR count). The number of nitrogens with zero attached hydrogens (tertiary/aromatic N) is 4. The zero-order valence-electron chi connectivity index (χ0n) is 11.2. The molecule has 1 atom stereocenters. The van der Waals surface area contributed by atoms with Crippen molar-refractivity contribution in [2.24, 2.45) is 5.41 Å². The van der Waals surface area contributed by atoms with Gasteiger partial charge < -0.3 is 14.0 Å². The van der Waals surface area contributed by atoms with Crippen molar-refractivity contribution in [2.45, 2.75) is 12.8 Å². The van der Waals surface area contributed by atoms with Crippen molar-refractivity contribution in [1.82, 2.24) is 19.3 Å². The molecule has 104 valence electrons. The summed E-state index contributed by atoms with van der Waals surface area (Å²) in [6.07, 6.45) is 9.03. The summed E-state index contributed by atoms with van der Waals surface area (Å²) in [5.41, 5.74) is 1.24. The van der Waals surface area contributed by atoms with Crippen LogP contribution in [0.2, 0.25) is 0 Å². The van der Waals surface area contributed by atoms with E-state index in [1.807, 2.05) is 15.5 Å². The van der Waals surface area contributed by atoms with Crippen molar-refractivity contribution in [3.8, 4) is 0 Å². The third kappa shape index (κ3) is 1.71. The molecule has 0 aliphatic carbocycles. The lowest BCUT2D eigenvalue weighted by Crippen LogP contribution is -2.33. The van der Waals surface area contributed by atoms with Gasteiger partial charge in [-0.25, -0.2) is 9.97 Å². The summed E-state index contributed by atoms with van der Waals surface area (Å²) in [4.78, 5) is 23.0. The van der Waals surface area contributed by atoms with Crippen LogP contribution in [0.1, 0.15) is 23.3 Å². The highest BCUT2D eigenvalue weighted by Gasteiger charge is 2.43. The van der Waals surface area contributed by atoms with Gasteiger partial charge in [0.2, 0.25) is 0 Å². The monoisotopic (exact) mass is 272 g/mol. The summed E-state index contributed by atoms with van der Waals surface area (Å²) < 4.78 is 7.33. The fourth-order valence-corrected chi connectivity index (χ4v) is 3.23. The zero-order valence-corrected chi connectivity index (χ0v) is 11.2. The first-order valence-corrected chi connectivity index (χ1v) is 6.92. The van der Waals surface area contributed by atoms with E-state index in [9.17, 15) is 4.79 Å². The average molecular weight is 272 g/mol. The van der Waals surface area contributed by atoms with E-state index in [-0.39, 0.29) is 11.3 Å². The van der Waals surface area contributed by atoms with Crippen LogP contribution in [-0.4, -0.2) is 51.5 Å². The molecule has 0 radical (unpaired) electrons. The van der Waals surface area contributed by atoms with Crippen molar-refractivity contribution >= 4 is 11.6 Å². The Morgan fingerprint density at radius 1 is 1.25 bits per heavy atom. The first kappa shape index (κ1) is 11.8. The van der Waals surface area contributed by atoms with E-state index in [0.717, 1.165) is 39.1 Å². The second-order valence-electron chi connectivity index (χ2n) is 5.71. The van der Waals surface area contributed by atoms with Crippen molar-refractivity contribution in [3.05, 3.63) is 30.5 Å². The second-order valence-corrected chi connectivity index (χ2v) is 5.71. The first-order chi connectivity index (χ1) is 9.77. The van der Waals surface area contributed by atoms with Crippen LogP contribution in [0.25, 0.3) is 5.65 Å². The highest BCUT2D eigenvalue weighted by molar-refractivity contribution is 5.97. The standard InChI is InChI=1S/C14H16N4O2/c19-13(11-12-16-4-7-17(12)6-3-15-11)18-5-1-14(9-18)2-8-20-10-14/h3-4,6-7H,1-2,5,8-10H2. The maximum absolute atomic E-state index is 12.7. The molecular weight excluding hydrogens is 256 g/mol. The van der Waals surface area contributed by atoms with Crippen molar-refractivity contribution in [1.29, 1.82) is 0 Å². The number of carbonyl (C=O) groups is 1. The van der Waals surface area contributed by atoms with E-state index in [0.29, 0.717) is 11.3 Å². The van der Waals surface area contributed by atoms with E-state index in [1.54, 1.807) is 18.6 Å². The molecule has 0 saturated carbocycles. The van der Waals surface area contributed by atoms with Gasteiger partial charge in [-0.1, -0.05) is 0 Å². The number of likely N-dealkylation sites (tertiary alicyclic amines) is 1. The Kier molecular flexibility index (Phi) is 2.53. The molecule has 20 heavy (non-hydrogen) atoms. The van der Waals surface area contributed by atoms with Gasteiger partial charge in [-0.15, -0.1) is 0 Å². The van der Waals surface area contributed by atoms with Gasteiger partial charge in [0, 0.05) is 49.9 Å². The van der Waals surface area contributed by atoms with Gasteiger partial charge in [0.1, 0.15) is 0 Å². The summed E-state index contributed by atoms with van der Waals surface area (Å²) in [6, 6.07) is 0. The minimum Gasteiger partial charge on any atom is -0.381 e. The number of carbonyl (C=O) groups excluding carboxylic acids is 1. The fourth-order valence-electron chi connectivity index (χ4n) is 3.23. The Morgan fingerprint density at radius 2 is 2.10 bits per heavy atom. The molecule has 0 N–H and O–H groups in total. The average Bonchev–Trinajstić information content (AvgIpc) is 3.19. The van der Waals surface area contributed by atoms with Crippen LogP contribution >= 0.6 is 0 Å². The van der Waals surface area contributed by atoms with E-state index < -0.39 is 0 Å². The predicted molar refractivity (Wildman–Crippen MR) is 71.4 cm³/mol. The molecule has 0 bridgehead atoms. The third-order valence-corrected chi connectivity index (χ3v) is 4.42. The normalized spacial score (nSPS) is 25.9. The Balaban J connectivity index is 1.63. The van der Waals surface area contributed by atoms with Crippen LogP contribution < -0.4 is 0 Å². The van der Waals surface area contributed by atoms with Gasteiger partial charge in [0.25, 0.3) is 5.91 Å². The summed E-state index contributed by atoms with van der Waals surface area (Å²) >= 11 is 0. The van der Waals surface area contributed by atoms with Crippen molar-refractivity contribution in [2.75, 3.05) is 26.3 Å². The van der Waals surface area contributed by atoms with Gasteiger partial charge in [-0.2, -0.15) is 0 Å². The number of hydrogen-bond donors (Lipinski definition) is 0. The SMILES string of the molecule is O=C(c1nccn2ccnc12)N1CCC2(CCOC2)C1. The molecule has 2 fully saturated rings. The van der Waals surface area contributed by atoms with Crippen molar-refractivity contribution in [3.63, 3.8) is 0 Å². The minimum atomic E-state index is -0.0226. The number of imidazole rings is 1. The molecule has 2 aliphatic heterocycles. The topological polar surface area (TPSA) is 59.7 Å². The number of fused-ring (bicyclic) bond motifs is 1. The number of ether oxygens (including phenoxy) is 1. The molecule has 1 unspecified atom stereocenters. The maximum Gasteiger partial charge on any atom is 0.276 e. The quantitative estimate of drug-likeness (QED) is 0.776. The minimum absolute atomic E-state index is 0.0226. The molecule has 2 aromatic rings. The van der Waals surface area contributed by atoms with Gasteiger partial charge in [0.15, 0.2) is 11.3 Å². The van der Waals surface area contributed by atoms with Gasteiger partial charge in [-0.05, 0) is 12.8 Å². The van der Waals surface area contributed by atoms with E-state index in [1.165, 1.54) is 0 Å². The second kappa shape index (κ2) is 4.28. The number of hydrogen-bond acceptors (Lipinski definition) is 4. The molecule has 2 saturated heterocycles. The van der Waals surface area contributed by atoms with Crippen LogP contribution in [0, 0.1) is 5.41 Å². The largest absolute Gasteiger partial charge is 0.381 e. The van der Waals surface area contributed by atoms with Gasteiger partial charge >= 0.3 is 0 Å². The molecule has 6 heteroatoms. The van der Waals surface area contributed by atoms with Crippen molar-refractivity contribution < 1.29 is 9.53 Å². The summed E-state index contributed by atoms with van der Waals surface area (Å²) in [7, 11) is 0. The van der Waals surface area contributed by atoms with Gasteiger partial charge in [-0.3, -0.25) is 4.79 Å². The lowest BCUT2D eigenvalue weighted by molar-refractivity contribution is 0.0761. The Hall–Kier alpha value is -1.95. The predicted octanol–water partition coefficient (Wildman–Crippen LogP) is 0.982. The molecule has 1 amide bonds. The Labute approximate surface area is 116 Å². The van der Waals surface area contributed by atoms with E-state index >= 15 is 0 Å². The van der Waals surface area contributed by atoms with Crippen LogP contribution in [0.5, 0.6) is 0 Å². The Morgan fingerprint density at radius 3 is 2.90 bits per heavy atom. The highest BCUT2D eigenvalue weighted by Crippen LogP contribution is 2.38. The molecule has 4 heterocycles. The zero-order chi connectivity index (χ0) is 13.6. The lowest BCUT2D eigenvalue weighted by Gasteiger charge is -2.21. The fraction of sp³-hybridized carbons (Fsp3) is 0.500. The van der Waals surface area contributed by atoms with E-state index in [2.05, 4.69) is 9.97 Å². The molecule has 2 aromatic heterocycles. The number of amides is 1. The molecular formula is C14H16N4O2.